The Bertz CT molecular complexity index is 254. The van der Waals surface area contributed by atoms with Gasteiger partial charge in [-0.1, -0.05) is 20.8 Å². The molecule has 0 fully saturated rings. The first-order valence-electron chi connectivity index (χ1n) is 4.98. The third-order valence-electron chi connectivity index (χ3n) is 1.68. The topological polar surface area (TPSA) is 41.1 Å². The molecule has 0 bridgehead atoms. The normalized spacial score (nSPS) is 13.5. The smallest absolute Gasteiger partial charge is 0.333 e. The van der Waals surface area contributed by atoms with Gasteiger partial charge in [0.1, 0.15) is 0 Å². The van der Waals surface area contributed by atoms with Crippen molar-refractivity contribution in [1.82, 2.24) is 10.6 Å². The number of halogens is 3. The monoisotopic (exact) mass is 240 g/mol. The summed E-state index contributed by atoms with van der Waals surface area (Å²) in [6, 6.07) is -1.22. The molecule has 0 aliphatic heterocycles. The molecular formula is C10H19F3N2O. The molecule has 0 saturated carbocycles. The molecule has 0 aliphatic rings. The van der Waals surface area contributed by atoms with E-state index in [0.29, 0.717) is 6.42 Å². The summed E-state index contributed by atoms with van der Waals surface area (Å²) in [5, 5.41) is 3.21. The second kappa shape index (κ2) is 4.51. The average Bonchev–Trinajstić information content (AvgIpc) is 1.70. The van der Waals surface area contributed by atoms with Gasteiger partial charge in [-0.25, -0.2) is 10.1 Å². The SMILES string of the molecule is CC(C)(C)CC(C)(C)NC(=O)NC(F)(F)F. The van der Waals surface area contributed by atoms with E-state index in [1.807, 2.05) is 20.8 Å². The number of amides is 2. The van der Waals surface area contributed by atoms with Gasteiger partial charge in [0, 0.05) is 5.54 Å². The van der Waals surface area contributed by atoms with Crippen molar-refractivity contribution < 1.29 is 18.0 Å². The maximum absolute atomic E-state index is 11.8. The lowest BCUT2D eigenvalue weighted by atomic mass is 9.82. The number of urea groups is 1. The van der Waals surface area contributed by atoms with Crippen molar-refractivity contribution in [2.75, 3.05) is 0 Å². The molecule has 6 heteroatoms. The molecule has 2 amide bonds. The predicted octanol–water partition coefficient (Wildman–Crippen LogP) is 3.02. The highest BCUT2D eigenvalue weighted by Crippen LogP contribution is 2.26. The fourth-order valence-electron chi connectivity index (χ4n) is 1.84. The van der Waals surface area contributed by atoms with Gasteiger partial charge in [-0.2, -0.15) is 13.2 Å². The van der Waals surface area contributed by atoms with Crippen LogP contribution in [0.15, 0.2) is 0 Å². The molecule has 0 radical (unpaired) electrons. The third kappa shape index (κ3) is 8.38. The van der Waals surface area contributed by atoms with Crippen LogP contribution in [0.1, 0.15) is 41.0 Å². The Labute approximate surface area is 93.8 Å². The summed E-state index contributed by atoms with van der Waals surface area (Å²) in [6.45, 7) is 9.25. The molecular weight excluding hydrogens is 221 g/mol. The van der Waals surface area contributed by atoms with Crippen LogP contribution in [0.3, 0.4) is 0 Å². The maximum atomic E-state index is 11.8. The van der Waals surface area contributed by atoms with Crippen molar-refractivity contribution in [2.45, 2.75) is 52.9 Å². The molecule has 0 atom stereocenters. The van der Waals surface area contributed by atoms with E-state index in [4.69, 9.17) is 0 Å². The van der Waals surface area contributed by atoms with Crippen LogP contribution >= 0.6 is 0 Å². The third-order valence-corrected chi connectivity index (χ3v) is 1.68. The van der Waals surface area contributed by atoms with Gasteiger partial charge in [0.2, 0.25) is 0 Å². The molecule has 0 aromatic carbocycles. The van der Waals surface area contributed by atoms with Crippen molar-refractivity contribution in [2.24, 2.45) is 5.41 Å². The Kier molecular flexibility index (Phi) is 4.24. The second-order valence-electron chi connectivity index (χ2n) is 5.70. The second-order valence-corrected chi connectivity index (χ2v) is 5.70. The summed E-state index contributed by atoms with van der Waals surface area (Å²) in [5.74, 6) is 0. The van der Waals surface area contributed by atoms with Gasteiger partial charge in [0.25, 0.3) is 0 Å². The van der Waals surface area contributed by atoms with Crippen LogP contribution in [-0.4, -0.2) is 17.9 Å². The zero-order valence-electron chi connectivity index (χ0n) is 10.2. The largest absolute Gasteiger partial charge is 0.485 e. The summed E-state index contributed by atoms with van der Waals surface area (Å²) in [6.07, 6.45) is -4.12. The quantitative estimate of drug-likeness (QED) is 0.716. The maximum Gasteiger partial charge on any atom is 0.485 e. The van der Waals surface area contributed by atoms with E-state index in [1.54, 1.807) is 13.8 Å². The summed E-state index contributed by atoms with van der Waals surface area (Å²) >= 11 is 0. The fourth-order valence-corrected chi connectivity index (χ4v) is 1.84. The number of carbonyl (C=O) groups excluding carboxylic acids is 1. The van der Waals surface area contributed by atoms with Gasteiger partial charge in [-0.3, -0.25) is 0 Å². The highest BCUT2D eigenvalue weighted by atomic mass is 19.4. The van der Waals surface area contributed by atoms with Crippen molar-refractivity contribution in [3.8, 4) is 0 Å². The van der Waals surface area contributed by atoms with Crippen molar-refractivity contribution >= 4 is 6.03 Å². The molecule has 2 N–H and O–H groups in total. The standard InChI is InChI=1S/C10H19F3N2O/c1-8(2,3)6-9(4,5)14-7(16)15-10(11,12)13/h6H2,1-5H3,(H2,14,15,16). The van der Waals surface area contributed by atoms with E-state index in [0.717, 1.165) is 5.32 Å². The molecule has 0 aromatic rings. The van der Waals surface area contributed by atoms with E-state index < -0.39 is 17.9 Å². The molecule has 0 spiro atoms. The molecule has 96 valence electrons. The lowest BCUT2D eigenvalue weighted by molar-refractivity contribution is -0.145. The minimum absolute atomic E-state index is 0.0744. The lowest BCUT2D eigenvalue weighted by Crippen LogP contribution is -2.53. The molecule has 0 aliphatic carbocycles. The fraction of sp³-hybridized carbons (Fsp3) is 0.900. The first-order valence-corrected chi connectivity index (χ1v) is 4.98. The van der Waals surface area contributed by atoms with E-state index in [1.165, 1.54) is 0 Å². The van der Waals surface area contributed by atoms with Crippen LogP contribution < -0.4 is 10.6 Å². The van der Waals surface area contributed by atoms with Crippen LogP contribution in [0, 0.1) is 5.41 Å². The molecule has 3 nitrogen and oxygen atoms in total. The predicted molar refractivity (Wildman–Crippen MR) is 55.9 cm³/mol. The Morgan fingerprint density at radius 1 is 1.00 bits per heavy atom. The summed E-state index contributed by atoms with van der Waals surface area (Å²) < 4.78 is 35.5. The van der Waals surface area contributed by atoms with Gasteiger partial charge in [-0.05, 0) is 25.7 Å². The molecule has 0 heterocycles. The number of alkyl halides is 3. The Balaban J connectivity index is 4.32. The van der Waals surface area contributed by atoms with Crippen molar-refractivity contribution in [3.05, 3.63) is 0 Å². The summed E-state index contributed by atoms with van der Waals surface area (Å²) in [7, 11) is 0. The van der Waals surface area contributed by atoms with Gasteiger partial charge >= 0.3 is 12.3 Å². The van der Waals surface area contributed by atoms with Gasteiger partial charge in [-0.15, -0.1) is 0 Å². The lowest BCUT2D eigenvalue weighted by Gasteiger charge is -2.33. The van der Waals surface area contributed by atoms with E-state index in [2.05, 4.69) is 5.32 Å². The zero-order chi connectivity index (χ0) is 13.2. The summed E-state index contributed by atoms with van der Waals surface area (Å²) in [4.78, 5) is 11.0. The van der Waals surface area contributed by atoms with Crippen molar-refractivity contribution in [3.63, 3.8) is 0 Å². The minimum atomic E-state index is -4.69. The first-order chi connectivity index (χ1) is 6.81. The van der Waals surface area contributed by atoms with Crippen molar-refractivity contribution in [1.29, 1.82) is 0 Å². The summed E-state index contributed by atoms with van der Waals surface area (Å²) in [5.41, 5.74) is -0.761. The number of hydrogen-bond acceptors (Lipinski definition) is 1. The Morgan fingerprint density at radius 2 is 1.44 bits per heavy atom. The van der Waals surface area contributed by atoms with Crippen LogP contribution in [0.4, 0.5) is 18.0 Å². The number of carbonyl (C=O) groups is 1. The van der Waals surface area contributed by atoms with Crippen LogP contribution in [-0.2, 0) is 0 Å². The zero-order valence-corrected chi connectivity index (χ0v) is 10.2. The van der Waals surface area contributed by atoms with Crippen LogP contribution in [0.25, 0.3) is 0 Å². The average molecular weight is 240 g/mol. The molecule has 0 aromatic heterocycles. The minimum Gasteiger partial charge on any atom is -0.333 e. The molecule has 0 saturated heterocycles. The number of nitrogens with one attached hydrogen (secondary N) is 2. The number of rotatable bonds is 2. The van der Waals surface area contributed by atoms with Gasteiger partial charge in [0.15, 0.2) is 0 Å². The van der Waals surface area contributed by atoms with E-state index in [-0.39, 0.29) is 5.41 Å². The van der Waals surface area contributed by atoms with Crippen LogP contribution in [0.2, 0.25) is 0 Å². The molecule has 0 unspecified atom stereocenters. The van der Waals surface area contributed by atoms with Gasteiger partial charge < -0.3 is 5.32 Å². The Morgan fingerprint density at radius 3 is 1.75 bits per heavy atom. The highest BCUT2D eigenvalue weighted by molar-refractivity contribution is 5.74. The Hall–Kier alpha value is -0.940. The van der Waals surface area contributed by atoms with E-state index >= 15 is 0 Å². The number of hydrogen-bond donors (Lipinski definition) is 2. The van der Waals surface area contributed by atoms with Crippen LogP contribution in [0.5, 0.6) is 0 Å². The highest BCUT2D eigenvalue weighted by Gasteiger charge is 2.33. The van der Waals surface area contributed by atoms with Gasteiger partial charge in [0.05, 0.1) is 0 Å². The first kappa shape index (κ1) is 15.1. The molecule has 0 rings (SSSR count). The molecule has 16 heavy (non-hydrogen) atoms. The van der Waals surface area contributed by atoms with E-state index in [9.17, 15) is 18.0 Å².